The number of thioether (sulfide) groups is 1. The van der Waals surface area contributed by atoms with Crippen LogP contribution >= 0.6 is 24.0 Å². The lowest BCUT2D eigenvalue weighted by atomic mass is 9.94. The molecule has 0 unspecified atom stereocenters. The summed E-state index contributed by atoms with van der Waals surface area (Å²) in [4.78, 5) is 50.2. The Morgan fingerprint density at radius 2 is 1.92 bits per heavy atom. The van der Waals surface area contributed by atoms with Crippen LogP contribution in [-0.4, -0.2) is 74.3 Å². The Bertz CT molecular complexity index is 1330. The fraction of sp³-hybridized carbons (Fsp3) is 0.500. The Morgan fingerprint density at radius 3 is 2.62 bits per heavy atom. The molecule has 196 valence electrons. The van der Waals surface area contributed by atoms with E-state index in [1.54, 1.807) is 29.0 Å². The third-order valence-electron chi connectivity index (χ3n) is 7.21. The molecular formula is C26H31N5O4S2. The van der Waals surface area contributed by atoms with Gasteiger partial charge in [-0.1, -0.05) is 49.3 Å². The number of amides is 2. The summed E-state index contributed by atoms with van der Waals surface area (Å²) in [6.07, 6.45) is 8.31. The summed E-state index contributed by atoms with van der Waals surface area (Å²) in [7, 11) is 0. The number of hydrogen-bond acceptors (Lipinski definition) is 8. The van der Waals surface area contributed by atoms with Crippen LogP contribution in [0.5, 0.6) is 0 Å². The van der Waals surface area contributed by atoms with Crippen LogP contribution in [0, 0.1) is 6.92 Å². The first kappa shape index (κ1) is 25.7. The van der Waals surface area contributed by atoms with Crippen LogP contribution in [0.4, 0.5) is 10.6 Å². The average Bonchev–Trinajstić information content (AvgIpc) is 3.19. The molecule has 37 heavy (non-hydrogen) atoms. The maximum absolute atomic E-state index is 13.8. The Labute approximate surface area is 225 Å². The first-order valence-corrected chi connectivity index (χ1v) is 14.1. The first-order chi connectivity index (χ1) is 17.9. The molecule has 4 heterocycles. The van der Waals surface area contributed by atoms with E-state index in [1.165, 1.54) is 22.6 Å². The number of hydrogen-bond donors (Lipinski definition) is 0. The molecule has 2 saturated heterocycles. The van der Waals surface area contributed by atoms with Crippen molar-refractivity contribution in [1.29, 1.82) is 0 Å². The van der Waals surface area contributed by atoms with Gasteiger partial charge in [-0.25, -0.2) is 9.78 Å². The van der Waals surface area contributed by atoms with E-state index in [4.69, 9.17) is 21.9 Å². The van der Waals surface area contributed by atoms with Crippen LogP contribution in [0.1, 0.15) is 50.2 Å². The minimum Gasteiger partial charge on any atom is -0.450 e. The molecule has 0 bridgehead atoms. The van der Waals surface area contributed by atoms with Gasteiger partial charge in [0.15, 0.2) is 0 Å². The zero-order valence-corrected chi connectivity index (χ0v) is 22.8. The molecule has 3 aliphatic rings. The Hall–Kier alpha value is -2.92. The van der Waals surface area contributed by atoms with Crippen LogP contribution in [0.15, 0.2) is 28.0 Å². The molecule has 11 heteroatoms. The van der Waals surface area contributed by atoms with Gasteiger partial charge < -0.3 is 14.5 Å². The Kier molecular flexibility index (Phi) is 7.52. The van der Waals surface area contributed by atoms with Crippen molar-refractivity contribution in [2.75, 3.05) is 37.7 Å². The van der Waals surface area contributed by atoms with Crippen molar-refractivity contribution in [3.05, 3.63) is 44.7 Å². The lowest BCUT2D eigenvalue weighted by Crippen LogP contribution is -2.49. The topological polar surface area (TPSA) is 87.5 Å². The highest BCUT2D eigenvalue weighted by Gasteiger charge is 2.38. The van der Waals surface area contributed by atoms with E-state index >= 15 is 0 Å². The molecule has 9 nitrogen and oxygen atoms in total. The maximum Gasteiger partial charge on any atom is 0.409 e. The summed E-state index contributed by atoms with van der Waals surface area (Å²) in [5.41, 5.74) is 1.57. The number of fused-ring (bicyclic) bond motifs is 1. The third-order valence-corrected chi connectivity index (χ3v) is 8.54. The van der Waals surface area contributed by atoms with E-state index in [0.717, 1.165) is 31.2 Å². The van der Waals surface area contributed by atoms with Crippen molar-refractivity contribution in [1.82, 2.24) is 19.2 Å². The predicted octanol–water partition coefficient (Wildman–Crippen LogP) is 3.82. The van der Waals surface area contributed by atoms with Gasteiger partial charge in [-0.15, -0.1) is 0 Å². The summed E-state index contributed by atoms with van der Waals surface area (Å²) in [5, 5.41) is 0. The van der Waals surface area contributed by atoms with E-state index in [1.807, 2.05) is 24.0 Å². The highest BCUT2D eigenvalue weighted by molar-refractivity contribution is 8.26. The molecular weight excluding hydrogens is 510 g/mol. The molecule has 0 aromatic carbocycles. The highest BCUT2D eigenvalue weighted by atomic mass is 32.2. The lowest BCUT2D eigenvalue weighted by molar-refractivity contribution is -0.124. The normalized spacial score (nSPS) is 20.4. The number of pyridine rings is 1. The summed E-state index contributed by atoms with van der Waals surface area (Å²) < 4.78 is 7.22. The zero-order chi connectivity index (χ0) is 26.1. The van der Waals surface area contributed by atoms with Crippen LogP contribution in [0.25, 0.3) is 11.7 Å². The van der Waals surface area contributed by atoms with E-state index < -0.39 is 0 Å². The molecule has 0 radical (unpaired) electrons. The molecule has 2 aromatic rings. The number of ether oxygens (including phenoxy) is 1. The number of nitrogens with zero attached hydrogens (tertiary/aromatic N) is 5. The summed E-state index contributed by atoms with van der Waals surface area (Å²) in [6, 6.07) is 3.86. The van der Waals surface area contributed by atoms with Crippen molar-refractivity contribution in [2.45, 2.75) is 52.0 Å². The van der Waals surface area contributed by atoms with Crippen LogP contribution in [-0.2, 0) is 9.53 Å². The summed E-state index contributed by atoms with van der Waals surface area (Å²) in [5.74, 6) is 0.388. The molecule has 0 atom stereocenters. The van der Waals surface area contributed by atoms with Crippen molar-refractivity contribution < 1.29 is 14.3 Å². The highest BCUT2D eigenvalue weighted by Crippen LogP contribution is 2.38. The molecule has 0 N–H and O–H groups in total. The first-order valence-electron chi connectivity index (χ1n) is 12.8. The number of thiocarbonyl (C=S) groups is 1. The molecule has 5 rings (SSSR count). The van der Waals surface area contributed by atoms with Gasteiger partial charge in [0.1, 0.15) is 15.8 Å². The fourth-order valence-corrected chi connectivity index (χ4v) is 6.63. The zero-order valence-electron chi connectivity index (χ0n) is 21.1. The standard InChI is InChI=1S/C26H31N5O4S2/c1-3-35-25(34)29-14-12-28(13-15-29)22-19(23(32)30-11-7-8-17(2)21(30)27-22)16-20-24(33)31(26(36)37-20)18-9-5-4-6-10-18/h7-8,11,16,18H,3-6,9-10,12-15H2,1-2H3. The number of anilines is 1. The summed E-state index contributed by atoms with van der Waals surface area (Å²) >= 11 is 6.86. The number of aromatic nitrogens is 2. The SMILES string of the molecule is CCOC(=O)N1CCN(c2nc3c(C)cccn3c(=O)c2C=C2SC(=S)N(C3CCCCC3)C2=O)CC1. The summed E-state index contributed by atoms with van der Waals surface area (Å²) in [6.45, 7) is 5.93. The van der Waals surface area contributed by atoms with Crippen molar-refractivity contribution in [3.63, 3.8) is 0 Å². The minimum atomic E-state index is -0.337. The third kappa shape index (κ3) is 4.98. The van der Waals surface area contributed by atoms with Crippen molar-refractivity contribution >= 4 is 57.8 Å². The molecule has 1 saturated carbocycles. The van der Waals surface area contributed by atoms with Gasteiger partial charge in [-0.2, -0.15) is 0 Å². The Balaban J connectivity index is 1.52. The molecule has 2 aromatic heterocycles. The number of carbonyl (C=O) groups is 2. The number of rotatable bonds is 4. The number of carbonyl (C=O) groups excluding carboxylic acids is 2. The van der Waals surface area contributed by atoms with E-state index in [9.17, 15) is 14.4 Å². The van der Waals surface area contributed by atoms with Gasteiger partial charge >= 0.3 is 6.09 Å². The second-order valence-corrected chi connectivity index (χ2v) is 11.2. The quantitative estimate of drug-likeness (QED) is 0.427. The second-order valence-electron chi connectivity index (χ2n) is 9.56. The maximum atomic E-state index is 13.8. The van der Waals surface area contributed by atoms with Gasteiger partial charge in [-0.3, -0.25) is 18.9 Å². The smallest absolute Gasteiger partial charge is 0.409 e. The molecule has 0 spiro atoms. The molecule has 2 aliphatic heterocycles. The second kappa shape index (κ2) is 10.8. The molecule has 1 aliphatic carbocycles. The van der Waals surface area contributed by atoms with Gasteiger partial charge in [0.05, 0.1) is 17.1 Å². The van der Waals surface area contributed by atoms with E-state index in [2.05, 4.69) is 0 Å². The lowest BCUT2D eigenvalue weighted by Gasteiger charge is -2.35. The number of aryl methyl sites for hydroxylation is 1. The van der Waals surface area contributed by atoms with Crippen LogP contribution in [0.3, 0.4) is 0 Å². The van der Waals surface area contributed by atoms with Gasteiger partial charge in [0.2, 0.25) is 0 Å². The van der Waals surface area contributed by atoms with Crippen molar-refractivity contribution in [3.8, 4) is 0 Å². The molecule has 3 fully saturated rings. The van der Waals surface area contributed by atoms with Crippen LogP contribution in [0.2, 0.25) is 0 Å². The average molecular weight is 542 g/mol. The van der Waals surface area contributed by atoms with E-state index in [-0.39, 0.29) is 23.6 Å². The predicted molar refractivity (Wildman–Crippen MR) is 149 cm³/mol. The minimum absolute atomic E-state index is 0.126. The number of piperazine rings is 1. The van der Waals surface area contributed by atoms with Gasteiger partial charge in [0.25, 0.3) is 11.5 Å². The van der Waals surface area contributed by atoms with Crippen molar-refractivity contribution in [2.24, 2.45) is 0 Å². The van der Waals surface area contributed by atoms with Gasteiger partial charge in [-0.05, 0) is 44.4 Å². The van der Waals surface area contributed by atoms with Gasteiger partial charge in [0, 0.05) is 38.4 Å². The monoisotopic (exact) mass is 541 g/mol. The van der Waals surface area contributed by atoms with Crippen LogP contribution < -0.4 is 10.5 Å². The Morgan fingerprint density at radius 1 is 1.19 bits per heavy atom. The fourth-order valence-electron chi connectivity index (χ4n) is 5.25. The van der Waals surface area contributed by atoms with E-state index in [0.29, 0.717) is 59.0 Å². The largest absolute Gasteiger partial charge is 0.450 e. The molecule has 2 amide bonds.